The van der Waals surface area contributed by atoms with Crippen molar-refractivity contribution in [2.24, 2.45) is 0 Å². The van der Waals surface area contributed by atoms with E-state index in [-0.39, 0.29) is 0 Å². The number of hydrogen-bond donors (Lipinski definition) is 0. The van der Waals surface area contributed by atoms with Crippen LogP contribution >= 0.6 is 0 Å². The summed E-state index contributed by atoms with van der Waals surface area (Å²) < 4.78 is 6.62. The minimum Gasteiger partial charge on any atom is -0.377 e. The van der Waals surface area contributed by atoms with Crippen LogP contribution in [-0.2, 0) is 17.9 Å². The fraction of sp³-hybridized carbons (Fsp3) is 0.667. The van der Waals surface area contributed by atoms with E-state index >= 15 is 0 Å². The molecule has 1 rings (SSSR count). The van der Waals surface area contributed by atoms with Crippen molar-refractivity contribution in [2.45, 2.75) is 20.1 Å². The molecule has 0 aromatic carbocycles. The molecule has 0 saturated heterocycles. The van der Waals surface area contributed by atoms with Gasteiger partial charge in [-0.25, -0.2) is 4.98 Å². The Hall–Kier alpha value is -0.900. The quantitative estimate of drug-likeness (QED) is 0.613. The molecular weight excluding hydrogens is 130 g/mol. The van der Waals surface area contributed by atoms with Crippen LogP contribution in [0.3, 0.4) is 0 Å². The number of aryl methyl sites for hydroxylation is 1. The first-order chi connectivity index (χ1) is 4.86. The van der Waals surface area contributed by atoms with Gasteiger partial charge in [-0.15, -0.1) is 0 Å². The Bertz CT molecular complexity index is 197. The van der Waals surface area contributed by atoms with Gasteiger partial charge in [-0.3, -0.25) is 4.68 Å². The fourth-order valence-corrected chi connectivity index (χ4v) is 0.681. The molecule has 0 unspecified atom stereocenters. The topological polar surface area (TPSA) is 39.9 Å². The van der Waals surface area contributed by atoms with Crippen molar-refractivity contribution in [3.05, 3.63) is 12.2 Å². The lowest BCUT2D eigenvalue weighted by Gasteiger charge is -1.90. The van der Waals surface area contributed by atoms with E-state index in [1.165, 1.54) is 0 Å². The maximum absolute atomic E-state index is 4.85. The summed E-state index contributed by atoms with van der Waals surface area (Å²) in [6.45, 7) is 3.37. The minimum absolute atomic E-state index is 0.493. The summed E-state index contributed by atoms with van der Waals surface area (Å²) in [7, 11) is 1.63. The van der Waals surface area contributed by atoms with Crippen molar-refractivity contribution in [1.82, 2.24) is 14.8 Å². The second-order valence-electron chi connectivity index (χ2n) is 1.95. The molecule has 0 amide bonds. The molecule has 0 radical (unpaired) electrons. The van der Waals surface area contributed by atoms with Crippen molar-refractivity contribution in [1.29, 1.82) is 0 Å². The summed E-state index contributed by atoms with van der Waals surface area (Å²) in [6, 6.07) is 0. The molecule has 0 aliphatic carbocycles. The lowest BCUT2D eigenvalue weighted by atomic mass is 10.7. The Morgan fingerprint density at radius 3 is 3.00 bits per heavy atom. The first-order valence-electron chi connectivity index (χ1n) is 3.24. The van der Waals surface area contributed by atoms with Crippen molar-refractivity contribution >= 4 is 0 Å². The maximum atomic E-state index is 4.85. The van der Waals surface area contributed by atoms with Gasteiger partial charge in [0.05, 0.1) is 0 Å². The largest absolute Gasteiger partial charge is 0.377 e. The van der Waals surface area contributed by atoms with Gasteiger partial charge in [0.2, 0.25) is 0 Å². The van der Waals surface area contributed by atoms with E-state index < -0.39 is 0 Å². The van der Waals surface area contributed by atoms with Crippen LogP contribution in [0, 0.1) is 0 Å². The normalized spacial score (nSPS) is 10.2. The lowest BCUT2D eigenvalue weighted by molar-refractivity contribution is 0.177. The zero-order valence-corrected chi connectivity index (χ0v) is 6.24. The summed E-state index contributed by atoms with van der Waals surface area (Å²) in [4.78, 5) is 4.00. The molecule has 0 spiro atoms. The first kappa shape index (κ1) is 7.21. The molecule has 0 saturated carbocycles. The summed E-state index contributed by atoms with van der Waals surface area (Å²) in [6.07, 6.45) is 1.70. The third-order valence-corrected chi connectivity index (χ3v) is 1.18. The molecule has 0 N–H and O–H groups in total. The molecule has 1 aromatic heterocycles. The second-order valence-corrected chi connectivity index (χ2v) is 1.95. The van der Waals surface area contributed by atoms with Gasteiger partial charge in [0.1, 0.15) is 12.9 Å². The average molecular weight is 141 g/mol. The third kappa shape index (κ3) is 1.54. The molecule has 0 bridgehead atoms. The standard InChI is InChI=1S/C6H11N3O/c1-3-9-5-7-6(8-9)4-10-2/h5H,3-4H2,1-2H3. The molecule has 0 fully saturated rings. The van der Waals surface area contributed by atoms with Crippen molar-refractivity contribution in [3.63, 3.8) is 0 Å². The zero-order chi connectivity index (χ0) is 7.40. The van der Waals surface area contributed by atoms with Gasteiger partial charge in [0.25, 0.3) is 0 Å². The Morgan fingerprint density at radius 1 is 1.70 bits per heavy atom. The molecule has 0 aliphatic heterocycles. The van der Waals surface area contributed by atoms with Gasteiger partial charge in [-0.2, -0.15) is 5.10 Å². The van der Waals surface area contributed by atoms with Gasteiger partial charge in [0, 0.05) is 13.7 Å². The number of aromatic nitrogens is 3. The van der Waals surface area contributed by atoms with Crippen LogP contribution in [0.2, 0.25) is 0 Å². The number of methoxy groups -OCH3 is 1. The predicted octanol–water partition coefficient (Wildman–Crippen LogP) is 0.444. The monoisotopic (exact) mass is 141 g/mol. The average Bonchev–Trinajstić information content (AvgIpc) is 2.37. The first-order valence-corrected chi connectivity index (χ1v) is 3.24. The van der Waals surface area contributed by atoms with Crippen LogP contribution < -0.4 is 0 Å². The molecule has 1 heterocycles. The number of rotatable bonds is 3. The van der Waals surface area contributed by atoms with Crippen molar-refractivity contribution in [2.75, 3.05) is 7.11 Å². The Morgan fingerprint density at radius 2 is 2.50 bits per heavy atom. The Balaban J connectivity index is 2.59. The van der Waals surface area contributed by atoms with E-state index in [1.54, 1.807) is 18.1 Å². The van der Waals surface area contributed by atoms with Gasteiger partial charge >= 0.3 is 0 Å². The Labute approximate surface area is 59.8 Å². The van der Waals surface area contributed by atoms with Crippen LogP contribution in [0.1, 0.15) is 12.7 Å². The molecule has 10 heavy (non-hydrogen) atoms. The third-order valence-electron chi connectivity index (χ3n) is 1.18. The van der Waals surface area contributed by atoms with E-state index in [4.69, 9.17) is 4.74 Å². The van der Waals surface area contributed by atoms with Crippen LogP contribution in [0.4, 0.5) is 0 Å². The Kier molecular flexibility index (Phi) is 2.39. The highest BCUT2D eigenvalue weighted by Gasteiger charge is 1.96. The second kappa shape index (κ2) is 3.31. The molecule has 1 aromatic rings. The molecule has 0 aliphatic rings. The molecule has 4 heteroatoms. The molecular formula is C6H11N3O. The summed E-state index contributed by atoms with van der Waals surface area (Å²) >= 11 is 0. The van der Waals surface area contributed by atoms with E-state index in [0.29, 0.717) is 6.61 Å². The SMILES string of the molecule is CCn1cnc(COC)n1. The molecule has 0 atom stereocenters. The van der Waals surface area contributed by atoms with E-state index in [0.717, 1.165) is 12.4 Å². The van der Waals surface area contributed by atoms with E-state index in [9.17, 15) is 0 Å². The van der Waals surface area contributed by atoms with Gasteiger partial charge in [0.15, 0.2) is 5.82 Å². The van der Waals surface area contributed by atoms with Crippen LogP contribution in [0.15, 0.2) is 6.33 Å². The van der Waals surface area contributed by atoms with E-state index in [1.807, 2.05) is 6.92 Å². The smallest absolute Gasteiger partial charge is 0.176 e. The van der Waals surface area contributed by atoms with Crippen LogP contribution in [-0.4, -0.2) is 21.9 Å². The van der Waals surface area contributed by atoms with Crippen LogP contribution in [0.5, 0.6) is 0 Å². The summed E-state index contributed by atoms with van der Waals surface area (Å²) in [5.41, 5.74) is 0. The summed E-state index contributed by atoms with van der Waals surface area (Å²) in [5.74, 6) is 0.740. The van der Waals surface area contributed by atoms with E-state index in [2.05, 4.69) is 10.1 Å². The highest BCUT2D eigenvalue weighted by atomic mass is 16.5. The van der Waals surface area contributed by atoms with Crippen molar-refractivity contribution < 1.29 is 4.74 Å². The minimum atomic E-state index is 0.493. The fourth-order valence-electron chi connectivity index (χ4n) is 0.681. The number of hydrogen-bond acceptors (Lipinski definition) is 3. The van der Waals surface area contributed by atoms with Crippen LogP contribution in [0.25, 0.3) is 0 Å². The molecule has 56 valence electrons. The van der Waals surface area contributed by atoms with Gasteiger partial charge in [-0.1, -0.05) is 0 Å². The molecule has 4 nitrogen and oxygen atoms in total. The van der Waals surface area contributed by atoms with Gasteiger partial charge < -0.3 is 4.74 Å². The maximum Gasteiger partial charge on any atom is 0.176 e. The predicted molar refractivity (Wildman–Crippen MR) is 36.4 cm³/mol. The van der Waals surface area contributed by atoms with Gasteiger partial charge in [-0.05, 0) is 6.92 Å². The zero-order valence-electron chi connectivity index (χ0n) is 6.24. The van der Waals surface area contributed by atoms with Crippen molar-refractivity contribution in [3.8, 4) is 0 Å². The lowest BCUT2D eigenvalue weighted by Crippen LogP contribution is -1.96. The summed E-state index contributed by atoms with van der Waals surface area (Å²) in [5, 5.41) is 4.10. The highest BCUT2D eigenvalue weighted by Crippen LogP contribution is 1.90. The number of ether oxygens (including phenoxy) is 1. The number of nitrogens with zero attached hydrogens (tertiary/aromatic N) is 3. The highest BCUT2D eigenvalue weighted by molar-refractivity contribution is 4.77.